The minimum atomic E-state index is -0.868. The van der Waals surface area contributed by atoms with Crippen molar-refractivity contribution in [1.29, 1.82) is 0 Å². The quantitative estimate of drug-likeness (QED) is 0.536. The first kappa shape index (κ1) is 17.0. The van der Waals surface area contributed by atoms with Crippen molar-refractivity contribution in [3.05, 3.63) is 105 Å². The topological polar surface area (TPSA) is 34.1 Å². The van der Waals surface area contributed by atoms with Gasteiger partial charge in [-0.25, -0.2) is 0 Å². The van der Waals surface area contributed by atoms with Crippen LogP contribution < -0.4 is 0 Å². The predicted octanol–water partition coefficient (Wildman–Crippen LogP) is 5.82. The van der Waals surface area contributed by atoms with Crippen LogP contribution in [0.4, 0.5) is 0 Å². The van der Waals surface area contributed by atoms with Crippen LogP contribution in [0, 0.1) is 5.92 Å². The Morgan fingerprint density at radius 3 is 1.69 bits per heavy atom. The number of halogens is 2. The van der Waals surface area contributed by atoms with Crippen molar-refractivity contribution in [2.45, 2.75) is 5.92 Å². The van der Waals surface area contributed by atoms with E-state index in [2.05, 4.69) is 0 Å². The Bertz CT molecular complexity index is 956. The number of ketones is 2. The SMILES string of the molecule is O=C1c2ccccc2C(=O)C1C(c1ccccc1)c1c(Cl)cccc1Cl. The summed E-state index contributed by atoms with van der Waals surface area (Å²) in [7, 11) is 0. The molecule has 0 bridgehead atoms. The fourth-order valence-electron chi connectivity index (χ4n) is 3.66. The fourth-order valence-corrected chi connectivity index (χ4v) is 4.30. The number of hydrogen-bond donors (Lipinski definition) is 0. The van der Waals surface area contributed by atoms with E-state index in [1.807, 2.05) is 30.3 Å². The lowest BCUT2D eigenvalue weighted by Gasteiger charge is -2.24. The molecule has 0 fully saturated rings. The Hall–Kier alpha value is -2.42. The Labute approximate surface area is 161 Å². The van der Waals surface area contributed by atoms with Crippen molar-refractivity contribution in [2.24, 2.45) is 5.92 Å². The smallest absolute Gasteiger partial charge is 0.175 e. The summed E-state index contributed by atoms with van der Waals surface area (Å²) in [6.07, 6.45) is 0. The number of benzene rings is 3. The van der Waals surface area contributed by atoms with Crippen LogP contribution in [0.1, 0.15) is 37.8 Å². The van der Waals surface area contributed by atoms with Gasteiger partial charge in [-0.05, 0) is 23.3 Å². The van der Waals surface area contributed by atoms with Crippen LogP contribution >= 0.6 is 23.2 Å². The third kappa shape index (κ3) is 2.66. The molecule has 2 nitrogen and oxygen atoms in total. The van der Waals surface area contributed by atoms with Crippen molar-refractivity contribution >= 4 is 34.8 Å². The third-order valence-corrected chi connectivity index (χ3v) is 5.48. The standard InChI is InChI=1S/C22H14Cl2O2/c23-16-11-6-12-17(24)19(16)18(13-7-2-1-3-8-13)20-21(25)14-9-4-5-10-15(14)22(20)26/h1-12,18,20H. The third-order valence-electron chi connectivity index (χ3n) is 4.83. The fraction of sp³-hybridized carbons (Fsp3) is 0.0909. The zero-order chi connectivity index (χ0) is 18.3. The van der Waals surface area contributed by atoms with Gasteiger partial charge in [0.1, 0.15) is 0 Å². The minimum Gasteiger partial charge on any atom is -0.293 e. The second kappa shape index (κ2) is 6.71. The molecule has 3 aromatic carbocycles. The van der Waals surface area contributed by atoms with Gasteiger partial charge < -0.3 is 0 Å². The number of fused-ring (bicyclic) bond motifs is 1. The molecular formula is C22H14Cl2O2. The van der Waals surface area contributed by atoms with Crippen LogP contribution in [0.25, 0.3) is 0 Å². The number of Topliss-reactive ketones (excluding diaryl/α,β-unsaturated/α-hetero) is 2. The summed E-state index contributed by atoms with van der Waals surface area (Å²) in [6, 6.07) is 21.6. The van der Waals surface area contributed by atoms with Crippen molar-refractivity contribution in [3.63, 3.8) is 0 Å². The van der Waals surface area contributed by atoms with E-state index >= 15 is 0 Å². The lowest BCUT2D eigenvalue weighted by Crippen LogP contribution is -2.25. The van der Waals surface area contributed by atoms with Crippen LogP contribution in [-0.2, 0) is 0 Å². The van der Waals surface area contributed by atoms with E-state index in [4.69, 9.17) is 23.2 Å². The van der Waals surface area contributed by atoms with E-state index in [-0.39, 0.29) is 11.6 Å². The molecule has 0 heterocycles. The first-order valence-electron chi connectivity index (χ1n) is 8.26. The molecule has 0 N–H and O–H groups in total. The van der Waals surface area contributed by atoms with Gasteiger partial charge in [-0.3, -0.25) is 9.59 Å². The molecule has 1 atom stereocenters. The first-order valence-corrected chi connectivity index (χ1v) is 9.01. The van der Waals surface area contributed by atoms with Crippen molar-refractivity contribution in [1.82, 2.24) is 0 Å². The van der Waals surface area contributed by atoms with Gasteiger partial charge >= 0.3 is 0 Å². The summed E-state index contributed by atoms with van der Waals surface area (Å²) in [5, 5.41) is 0.894. The molecule has 0 saturated carbocycles. The van der Waals surface area contributed by atoms with Gasteiger partial charge in [0.2, 0.25) is 0 Å². The highest BCUT2D eigenvalue weighted by Crippen LogP contribution is 2.45. The van der Waals surface area contributed by atoms with Gasteiger partial charge in [-0.2, -0.15) is 0 Å². The second-order valence-electron chi connectivity index (χ2n) is 6.28. The maximum atomic E-state index is 13.1. The number of carbonyl (C=O) groups excluding carboxylic acids is 2. The van der Waals surface area contributed by atoms with E-state index < -0.39 is 11.8 Å². The van der Waals surface area contributed by atoms with E-state index in [0.717, 1.165) is 5.56 Å². The molecule has 0 saturated heterocycles. The van der Waals surface area contributed by atoms with Gasteiger partial charge in [0.25, 0.3) is 0 Å². The molecule has 0 aliphatic heterocycles. The molecule has 4 heteroatoms. The molecule has 1 aliphatic carbocycles. The molecule has 0 radical (unpaired) electrons. The van der Waals surface area contributed by atoms with Crippen molar-refractivity contribution in [2.75, 3.05) is 0 Å². The highest BCUT2D eigenvalue weighted by molar-refractivity contribution is 6.36. The zero-order valence-corrected chi connectivity index (χ0v) is 15.2. The summed E-state index contributed by atoms with van der Waals surface area (Å²) >= 11 is 12.9. The number of carbonyl (C=O) groups is 2. The molecule has 128 valence electrons. The molecule has 26 heavy (non-hydrogen) atoms. The van der Waals surface area contributed by atoms with Gasteiger partial charge in [-0.15, -0.1) is 0 Å². The van der Waals surface area contributed by atoms with Gasteiger partial charge in [-0.1, -0.05) is 83.9 Å². The Morgan fingerprint density at radius 1 is 0.654 bits per heavy atom. The summed E-state index contributed by atoms with van der Waals surface area (Å²) in [4.78, 5) is 26.2. The van der Waals surface area contributed by atoms with Crippen LogP contribution in [0.2, 0.25) is 10.0 Å². The average Bonchev–Trinajstić information content (AvgIpc) is 2.91. The average molecular weight is 381 g/mol. The maximum Gasteiger partial charge on any atom is 0.175 e. The molecular weight excluding hydrogens is 367 g/mol. The van der Waals surface area contributed by atoms with E-state index in [9.17, 15) is 9.59 Å². The molecule has 4 rings (SSSR count). The Morgan fingerprint density at radius 2 is 1.15 bits per heavy atom. The normalized spacial score (nSPS) is 15.2. The number of hydrogen-bond acceptors (Lipinski definition) is 2. The molecule has 0 spiro atoms. The van der Waals surface area contributed by atoms with E-state index in [0.29, 0.717) is 26.7 Å². The monoisotopic (exact) mass is 380 g/mol. The molecule has 0 amide bonds. The van der Waals surface area contributed by atoms with Crippen LogP contribution in [0.5, 0.6) is 0 Å². The molecule has 1 aliphatic rings. The molecule has 0 aromatic heterocycles. The van der Waals surface area contributed by atoms with E-state index in [1.54, 1.807) is 42.5 Å². The molecule has 1 unspecified atom stereocenters. The second-order valence-corrected chi connectivity index (χ2v) is 7.09. The van der Waals surface area contributed by atoms with Crippen molar-refractivity contribution in [3.8, 4) is 0 Å². The molecule has 3 aromatic rings. The summed E-state index contributed by atoms with van der Waals surface area (Å²) < 4.78 is 0. The lowest BCUT2D eigenvalue weighted by molar-refractivity contribution is 0.0825. The van der Waals surface area contributed by atoms with Gasteiger partial charge in [0.15, 0.2) is 11.6 Å². The maximum absolute atomic E-state index is 13.1. The Kier molecular flexibility index (Phi) is 4.39. The highest BCUT2D eigenvalue weighted by atomic mass is 35.5. The number of rotatable bonds is 3. The lowest BCUT2D eigenvalue weighted by atomic mass is 9.78. The van der Waals surface area contributed by atoms with Crippen LogP contribution in [-0.4, -0.2) is 11.6 Å². The van der Waals surface area contributed by atoms with Gasteiger partial charge in [0.05, 0.1) is 5.92 Å². The summed E-state index contributed by atoms with van der Waals surface area (Å²) in [5.41, 5.74) is 2.38. The predicted molar refractivity (Wildman–Crippen MR) is 103 cm³/mol. The zero-order valence-electron chi connectivity index (χ0n) is 13.7. The minimum absolute atomic E-state index is 0.185. The van der Waals surface area contributed by atoms with Crippen molar-refractivity contribution < 1.29 is 9.59 Å². The first-order chi connectivity index (χ1) is 12.6. The Balaban J connectivity index is 1.94. The summed E-state index contributed by atoms with van der Waals surface area (Å²) in [5.74, 6) is -1.78. The van der Waals surface area contributed by atoms with Crippen LogP contribution in [0.3, 0.4) is 0 Å². The highest BCUT2D eigenvalue weighted by Gasteiger charge is 2.45. The largest absolute Gasteiger partial charge is 0.293 e. The summed E-state index contributed by atoms with van der Waals surface area (Å²) in [6.45, 7) is 0. The van der Waals surface area contributed by atoms with Gasteiger partial charge in [0, 0.05) is 27.1 Å². The van der Waals surface area contributed by atoms with E-state index in [1.165, 1.54) is 0 Å². The van der Waals surface area contributed by atoms with Crippen LogP contribution in [0.15, 0.2) is 72.8 Å².